The van der Waals surface area contributed by atoms with E-state index in [1.807, 2.05) is 12.1 Å². The number of piperazine rings is 1. The minimum Gasteiger partial charge on any atom is -0.351 e. The number of non-ortho nitro benzene ring substituents is 1. The Morgan fingerprint density at radius 2 is 1.67 bits per heavy atom. The van der Waals surface area contributed by atoms with Crippen LogP contribution >= 0.6 is 0 Å². The van der Waals surface area contributed by atoms with Crippen molar-refractivity contribution < 1.29 is 14.5 Å². The number of nitro benzene ring substituents is 1. The predicted octanol–water partition coefficient (Wildman–Crippen LogP) is 2.62. The van der Waals surface area contributed by atoms with Gasteiger partial charge in [-0.2, -0.15) is 0 Å². The molecule has 4 rings (SSSR count). The molecule has 33 heavy (non-hydrogen) atoms. The molecule has 1 saturated carbocycles. The molecule has 1 aromatic carbocycles. The molecule has 2 aliphatic rings. The topological polar surface area (TPSA) is 109 Å². The van der Waals surface area contributed by atoms with Crippen LogP contribution in [0.1, 0.15) is 41.6 Å². The van der Waals surface area contributed by atoms with E-state index >= 15 is 0 Å². The summed E-state index contributed by atoms with van der Waals surface area (Å²) >= 11 is 0. The van der Waals surface area contributed by atoms with Gasteiger partial charge in [0.1, 0.15) is 0 Å². The first kappa shape index (κ1) is 22.8. The van der Waals surface area contributed by atoms with Crippen LogP contribution in [0.25, 0.3) is 0 Å². The Balaban J connectivity index is 1.37. The van der Waals surface area contributed by atoms with E-state index < -0.39 is 4.92 Å². The maximum Gasteiger partial charge on any atom is 0.269 e. The third kappa shape index (κ3) is 5.54. The summed E-state index contributed by atoms with van der Waals surface area (Å²) in [5, 5.41) is 13.9. The summed E-state index contributed by atoms with van der Waals surface area (Å²) in [4.78, 5) is 44.4. The molecule has 2 aromatic rings. The van der Waals surface area contributed by atoms with Crippen molar-refractivity contribution >= 4 is 17.5 Å². The highest BCUT2D eigenvalue weighted by atomic mass is 16.6. The lowest BCUT2D eigenvalue weighted by Crippen LogP contribution is -2.57. The number of aromatic nitrogens is 1. The second-order valence-corrected chi connectivity index (χ2v) is 8.69. The fourth-order valence-corrected chi connectivity index (χ4v) is 4.86. The molecule has 0 bridgehead atoms. The van der Waals surface area contributed by atoms with Gasteiger partial charge in [0.05, 0.1) is 11.0 Å². The van der Waals surface area contributed by atoms with Gasteiger partial charge >= 0.3 is 0 Å². The Morgan fingerprint density at radius 3 is 2.27 bits per heavy atom. The SMILES string of the molecule is O=C(NCc1ccncc1)[C@H](C1CCCC1)N1CCN(C(=O)c2ccc([N+](=O)[O-])cc2)CC1. The quantitative estimate of drug-likeness (QED) is 0.512. The second kappa shape index (κ2) is 10.5. The zero-order chi connectivity index (χ0) is 23.2. The second-order valence-electron chi connectivity index (χ2n) is 8.69. The predicted molar refractivity (Wildman–Crippen MR) is 122 cm³/mol. The lowest BCUT2D eigenvalue weighted by atomic mass is 9.94. The van der Waals surface area contributed by atoms with E-state index in [-0.39, 0.29) is 23.5 Å². The summed E-state index contributed by atoms with van der Waals surface area (Å²) < 4.78 is 0. The molecular formula is C24H29N5O4. The number of amides is 2. The number of carbonyl (C=O) groups excluding carboxylic acids is 2. The van der Waals surface area contributed by atoms with Gasteiger partial charge in [-0.25, -0.2) is 0 Å². The molecule has 1 aliphatic carbocycles. The van der Waals surface area contributed by atoms with Crippen LogP contribution in [-0.4, -0.2) is 63.7 Å². The van der Waals surface area contributed by atoms with Crippen molar-refractivity contribution in [3.63, 3.8) is 0 Å². The molecule has 9 nitrogen and oxygen atoms in total. The van der Waals surface area contributed by atoms with Gasteiger partial charge in [0, 0.05) is 62.8 Å². The Labute approximate surface area is 192 Å². The monoisotopic (exact) mass is 451 g/mol. The van der Waals surface area contributed by atoms with Gasteiger partial charge in [-0.05, 0) is 48.6 Å². The van der Waals surface area contributed by atoms with E-state index in [1.165, 1.54) is 24.3 Å². The molecule has 0 radical (unpaired) electrons. The summed E-state index contributed by atoms with van der Waals surface area (Å²) in [6, 6.07) is 9.31. The average Bonchev–Trinajstić information content (AvgIpc) is 3.38. The Kier molecular flexibility index (Phi) is 7.29. The van der Waals surface area contributed by atoms with E-state index in [9.17, 15) is 19.7 Å². The summed E-state index contributed by atoms with van der Waals surface area (Å²) in [7, 11) is 0. The molecule has 1 N–H and O–H groups in total. The lowest BCUT2D eigenvalue weighted by molar-refractivity contribution is -0.384. The highest BCUT2D eigenvalue weighted by molar-refractivity contribution is 5.94. The summed E-state index contributed by atoms with van der Waals surface area (Å²) in [5.74, 6) is 0.248. The third-order valence-corrected chi connectivity index (χ3v) is 6.65. The molecule has 9 heteroatoms. The van der Waals surface area contributed by atoms with Crippen LogP contribution in [0, 0.1) is 16.0 Å². The standard InChI is InChI=1S/C24H29N5O4/c30-23(26-17-18-9-11-25-12-10-18)22(19-3-1-2-4-19)27-13-15-28(16-14-27)24(31)20-5-7-21(8-6-20)29(32)33/h5-12,19,22H,1-4,13-17H2,(H,26,30)/t22-/m0/s1. The van der Waals surface area contributed by atoms with Crippen LogP contribution in [-0.2, 0) is 11.3 Å². The van der Waals surface area contributed by atoms with Crippen LogP contribution < -0.4 is 5.32 Å². The van der Waals surface area contributed by atoms with Crippen LogP contribution in [0.5, 0.6) is 0 Å². The van der Waals surface area contributed by atoms with Gasteiger partial charge in [0.2, 0.25) is 5.91 Å². The van der Waals surface area contributed by atoms with Gasteiger partial charge in [0.15, 0.2) is 0 Å². The largest absolute Gasteiger partial charge is 0.351 e. The normalized spacial score (nSPS) is 18.1. The molecule has 2 heterocycles. The molecule has 0 unspecified atom stereocenters. The minimum atomic E-state index is -0.476. The Bertz CT molecular complexity index is 968. The van der Waals surface area contributed by atoms with E-state index in [4.69, 9.17) is 0 Å². The zero-order valence-electron chi connectivity index (χ0n) is 18.6. The van der Waals surface area contributed by atoms with Crippen molar-refractivity contribution in [2.45, 2.75) is 38.3 Å². The third-order valence-electron chi connectivity index (χ3n) is 6.65. The van der Waals surface area contributed by atoms with E-state index in [0.29, 0.717) is 44.2 Å². The zero-order valence-corrected chi connectivity index (χ0v) is 18.6. The van der Waals surface area contributed by atoms with E-state index in [2.05, 4.69) is 15.2 Å². The van der Waals surface area contributed by atoms with Crippen molar-refractivity contribution in [3.8, 4) is 0 Å². The van der Waals surface area contributed by atoms with Crippen molar-refractivity contribution in [3.05, 3.63) is 70.0 Å². The summed E-state index contributed by atoms with van der Waals surface area (Å²) in [6.45, 7) is 2.78. The number of hydrogen-bond donors (Lipinski definition) is 1. The van der Waals surface area contributed by atoms with Gasteiger partial charge in [-0.3, -0.25) is 29.6 Å². The minimum absolute atomic E-state index is 0.0337. The number of nitrogens with zero attached hydrogens (tertiary/aromatic N) is 4. The number of rotatable bonds is 7. The Hall–Kier alpha value is -3.33. The number of hydrogen-bond acceptors (Lipinski definition) is 6. The maximum absolute atomic E-state index is 13.2. The lowest BCUT2D eigenvalue weighted by Gasteiger charge is -2.40. The van der Waals surface area contributed by atoms with Gasteiger partial charge < -0.3 is 10.2 Å². The molecule has 1 aromatic heterocycles. The van der Waals surface area contributed by atoms with E-state index in [0.717, 1.165) is 31.2 Å². The average molecular weight is 452 g/mol. The number of nitro groups is 1. The smallest absolute Gasteiger partial charge is 0.269 e. The molecule has 0 spiro atoms. The summed E-state index contributed by atoms with van der Waals surface area (Å²) in [5.41, 5.74) is 1.42. The maximum atomic E-state index is 13.2. The van der Waals surface area contributed by atoms with Gasteiger partial charge in [0.25, 0.3) is 11.6 Å². The van der Waals surface area contributed by atoms with Crippen LogP contribution in [0.2, 0.25) is 0 Å². The van der Waals surface area contributed by atoms with Crippen LogP contribution in [0.3, 0.4) is 0 Å². The van der Waals surface area contributed by atoms with Crippen LogP contribution in [0.4, 0.5) is 5.69 Å². The molecule has 1 atom stereocenters. The van der Waals surface area contributed by atoms with Crippen molar-refractivity contribution in [2.24, 2.45) is 5.92 Å². The van der Waals surface area contributed by atoms with Crippen molar-refractivity contribution in [2.75, 3.05) is 26.2 Å². The van der Waals surface area contributed by atoms with Crippen molar-refractivity contribution in [1.82, 2.24) is 20.1 Å². The molecule has 2 amide bonds. The first-order valence-corrected chi connectivity index (χ1v) is 11.5. The number of benzene rings is 1. The molecular weight excluding hydrogens is 422 g/mol. The first-order valence-electron chi connectivity index (χ1n) is 11.5. The highest BCUT2D eigenvalue weighted by Gasteiger charge is 2.37. The molecule has 1 aliphatic heterocycles. The number of nitrogens with one attached hydrogen (secondary N) is 1. The fraction of sp³-hybridized carbons (Fsp3) is 0.458. The van der Waals surface area contributed by atoms with Gasteiger partial charge in [-0.15, -0.1) is 0 Å². The molecule has 174 valence electrons. The fourth-order valence-electron chi connectivity index (χ4n) is 4.86. The van der Waals surface area contributed by atoms with Crippen molar-refractivity contribution in [1.29, 1.82) is 0 Å². The number of pyridine rings is 1. The number of carbonyl (C=O) groups is 2. The van der Waals surface area contributed by atoms with E-state index in [1.54, 1.807) is 17.3 Å². The Morgan fingerprint density at radius 1 is 1.03 bits per heavy atom. The summed E-state index contributed by atoms with van der Waals surface area (Å²) in [6.07, 6.45) is 7.84. The van der Waals surface area contributed by atoms with Crippen LogP contribution in [0.15, 0.2) is 48.8 Å². The highest BCUT2D eigenvalue weighted by Crippen LogP contribution is 2.31. The molecule has 2 fully saturated rings. The molecule has 1 saturated heterocycles. The first-order chi connectivity index (χ1) is 16.0. The van der Waals surface area contributed by atoms with Gasteiger partial charge in [-0.1, -0.05) is 12.8 Å².